The molecule has 0 atom stereocenters. The number of anilines is 4. The fourth-order valence-electron chi connectivity index (χ4n) is 2.29. The minimum Gasteiger partial charge on any atom is -0.396 e. The highest BCUT2D eigenvalue weighted by atomic mass is 32.1. The monoisotopic (exact) mass is 348 g/mol. The van der Waals surface area contributed by atoms with E-state index in [0.29, 0.717) is 15.6 Å². The number of hydrogen-bond acceptors (Lipinski definition) is 5. The molecule has 0 aliphatic carbocycles. The lowest BCUT2D eigenvalue weighted by Crippen LogP contribution is -2.12. The van der Waals surface area contributed by atoms with Gasteiger partial charge in [0.05, 0.1) is 5.69 Å². The number of nitrogens with one attached hydrogen (secondary N) is 2. The average molecular weight is 348 g/mol. The fraction of sp³-hybridized carbons (Fsp3) is 0.0526. The number of aryl methyl sites for hydroxylation is 1. The Labute approximate surface area is 149 Å². The molecule has 0 aliphatic rings. The Morgan fingerprint density at radius 1 is 1.08 bits per heavy atom. The van der Waals surface area contributed by atoms with Gasteiger partial charge in [0.2, 0.25) is 0 Å². The van der Waals surface area contributed by atoms with E-state index in [9.17, 15) is 10.1 Å². The number of para-hydroxylation sites is 1. The maximum Gasteiger partial charge on any atom is 0.267 e. The smallest absolute Gasteiger partial charge is 0.267 e. The fourth-order valence-corrected chi connectivity index (χ4v) is 3.28. The van der Waals surface area contributed by atoms with E-state index in [0.717, 1.165) is 11.3 Å². The largest absolute Gasteiger partial charge is 0.396 e. The molecule has 3 rings (SSSR count). The van der Waals surface area contributed by atoms with E-state index in [1.54, 1.807) is 0 Å². The molecule has 0 fully saturated rings. The number of nitrogen functional groups attached to an aromatic ring is 1. The molecule has 2 aromatic carbocycles. The van der Waals surface area contributed by atoms with Crippen LogP contribution in [-0.4, -0.2) is 5.91 Å². The Bertz CT molecular complexity index is 940. The first-order valence-corrected chi connectivity index (χ1v) is 8.42. The van der Waals surface area contributed by atoms with Crippen LogP contribution in [0.25, 0.3) is 0 Å². The van der Waals surface area contributed by atoms with Gasteiger partial charge in [0.25, 0.3) is 5.91 Å². The third-order valence-corrected chi connectivity index (χ3v) is 4.72. The summed E-state index contributed by atoms with van der Waals surface area (Å²) in [5.74, 6) is -0.330. The highest BCUT2D eigenvalue weighted by Gasteiger charge is 2.21. The van der Waals surface area contributed by atoms with Gasteiger partial charge < -0.3 is 16.4 Å². The van der Waals surface area contributed by atoms with Crippen molar-refractivity contribution in [3.05, 3.63) is 70.6 Å². The van der Waals surface area contributed by atoms with Crippen molar-refractivity contribution in [3.63, 3.8) is 0 Å². The summed E-state index contributed by atoms with van der Waals surface area (Å²) in [5.41, 5.74) is 9.12. The number of nitrogens with two attached hydrogens (primary N) is 1. The van der Waals surface area contributed by atoms with Crippen LogP contribution in [0.2, 0.25) is 0 Å². The number of carbonyl (C=O) groups excluding carboxylic acids is 1. The minimum atomic E-state index is -0.330. The van der Waals surface area contributed by atoms with Crippen molar-refractivity contribution >= 4 is 39.3 Å². The normalized spacial score (nSPS) is 10.1. The summed E-state index contributed by atoms with van der Waals surface area (Å²) in [6.07, 6.45) is 0. The highest BCUT2D eigenvalue weighted by Crippen LogP contribution is 2.37. The van der Waals surface area contributed by atoms with E-state index in [-0.39, 0.29) is 17.2 Å². The SMILES string of the molecule is Cc1ccc(NC(=O)c2sc(Nc3ccccc3)c(C#N)c2N)cc1. The van der Waals surface area contributed by atoms with Gasteiger partial charge in [-0.1, -0.05) is 35.9 Å². The Morgan fingerprint density at radius 2 is 1.76 bits per heavy atom. The first kappa shape index (κ1) is 16.6. The molecule has 0 spiro atoms. The predicted molar refractivity (Wildman–Crippen MR) is 102 cm³/mol. The quantitative estimate of drug-likeness (QED) is 0.647. The number of hydrogen-bond donors (Lipinski definition) is 3. The Hall–Kier alpha value is -3.30. The van der Waals surface area contributed by atoms with Crippen molar-refractivity contribution in [1.82, 2.24) is 0 Å². The van der Waals surface area contributed by atoms with E-state index in [1.807, 2.05) is 61.5 Å². The Kier molecular flexibility index (Phi) is 4.68. The third kappa shape index (κ3) is 3.62. The molecule has 0 saturated heterocycles. The molecule has 4 N–H and O–H groups in total. The van der Waals surface area contributed by atoms with Gasteiger partial charge in [-0.2, -0.15) is 5.26 Å². The van der Waals surface area contributed by atoms with Crippen molar-refractivity contribution in [1.29, 1.82) is 5.26 Å². The standard InChI is InChI=1S/C19H16N4OS/c1-12-7-9-14(10-8-12)22-18(24)17-16(21)15(11-20)19(25-17)23-13-5-3-2-4-6-13/h2-10,23H,21H2,1H3,(H,22,24). The second-order valence-electron chi connectivity index (χ2n) is 5.47. The van der Waals surface area contributed by atoms with Crippen LogP contribution in [0.4, 0.5) is 22.1 Å². The molecule has 3 aromatic rings. The average Bonchev–Trinajstić information content (AvgIpc) is 2.93. The van der Waals surface area contributed by atoms with Gasteiger partial charge in [-0.25, -0.2) is 0 Å². The summed E-state index contributed by atoms with van der Waals surface area (Å²) in [6.45, 7) is 1.98. The lowest BCUT2D eigenvalue weighted by molar-refractivity contribution is 0.103. The summed E-state index contributed by atoms with van der Waals surface area (Å²) < 4.78 is 0. The predicted octanol–water partition coefficient (Wildman–Crippen LogP) is 4.51. The number of amides is 1. The number of nitriles is 1. The number of benzene rings is 2. The van der Waals surface area contributed by atoms with Gasteiger partial charge in [0, 0.05) is 11.4 Å². The third-order valence-electron chi connectivity index (χ3n) is 3.60. The van der Waals surface area contributed by atoms with Crippen molar-refractivity contribution in [2.45, 2.75) is 6.92 Å². The van der Waals surface area contributed by atoms with Crippen LogP contribution < -0.4 is 16.4 Å². The van der Waals surface area contributed by atoms with Gasteiger partial charge in [0.1, 0.15) is 21.5 Å². The van der Waals surface area contributed by atoms with E-state index in [4.69, 9.17) is 5.73 Å². The van der Waals surface area contributed by atoms with Crippen LogP contribution in [0.15, 0.2) is 54.6 Å². The molecule has 0 bridgehead atoms. The molecule has 0 unspecified atom stereocenters. The summed E-state index contributed by atoms with van der Waals surface area (Å²) in [4.78, 5) is 12.9. The first-order valence-electron chi connectivity index (χ1n) is 7.61. The molecule has 6 heteroatoms. The van der Waals surface area contributed by atoms with Crippen molar-refractivity contribution in [3.8, 4) is 6.07 Å². The molecule has 1 amide bonds. The molecule has 1 aromatic heterocycles. The summed E-state index contributed by atoms with van der Waals surface area (Å²) in [7, 11) is 0. The van der Waals surface area contributed by atoms with Crippen LogP contribution in [0.5, 0.6) is 0 Å². The zero-order chi connectivity index (χ0) is 17.8. The van der Waals surface area contributed by atoms with E-state index in [1.165, 1.54) is 11.3 Å². The van der Waals surface area contributed by atoms with E-state index >= 15 is 0 Å². The van der Waals surface area contributed by atoms with Crippen LogP contribution >= 0.6 is 11.3 Å². The maximum absolute atomic E-state index is 12.5. The Balaban J connectivity index is 1.87. The minimum absolute atomic E-state index is 0.190. The maximum atomic E-state index is 12.5. The second-order valence-corrected chi connectivity index (χ2v) is 6.49. The Morgan fingerprint density at radius 3 is 2.40 bits per heavy atom. The number of nitrogens with zero attached hydrogens (tertiary/aromatic N) is 1. The van der Waals surface area contributed by atoms with Crippen LogP contribution in [0.1, 0.15) is 20.8 Å². The number of thiophene rings is 1. The molecule has 124 valence electrons. The van der Waals surface area contributed by atoms with Crippen molar-refractivity contribution < 1.29 is 4.79 Å². The lowest BCUT2D eigenvalue weighted by Gasteiger charge is -2.04. The second kappa shape index (κ2) is 7.07. The van der Waals surface area contributed by atoms with E-state index < -0.39 is 0 Å². The molecule has 1 heterocycles. The summed E-state index contributed by atoms with van der Waals surface area (Å²) in [5, 5.41) is 15.9. The molecule has 5 nitrogen and oxygen atoms in total. The van der Waals surface area contributed by atoms with Gasteiger partial charge in [0.15, 0.2) is 0 Å². The van der Waals surface area contributed by atoms with Gasteiger partial charge in [-0.15, -0.1) is 11.3 Å². The zero-order valence-corrected chi connectivity index (χ0v) is 14.4. The lowest BCUT2D eigenvalue weighted by atomic mass is 10.2. The number of rotatable bonds is 4. The molecule has 25 heavy (non-hydrogen) atoms. The molecular weight excluding hydrogens is 332 g/mol. The van der Waals surface area contributed by atoms with Crippen LogP contribution in [0, 0.1) is 18.3 Å². The van der Waals surface area contributed by atoms with Gasteiger partial charge in [-0.3, -0.25) is 4.79 Å². The first-order chi connectivity index (χ1) is 12.1. The van der Waals surface area contributed by atoms with Crippen LogP contribution in [-0.2, 0) is 0 Å². The molecule has 0 saturated carbocycles. The summed E-state index contributed by atoms with van der Waals surface area (Å²) in [6, 6.07) is 19.0. The molecular formula is C19H16N4OS. The topological polar surface area (TPSA) is 90.9 Å². The zero-order valence-electron chi connectivity index (χ0n) is 13.5. The highest BCUT2D eigenvalue weighted by molar-refractivity contribution is 7.19. The van der Waals surface area contributed by atoms with E-state index in [2.05, 4.69) is 16.7 Å². The molecule has 0 radical (unpaired) electrons. The summed E-state index contributed by atoms with van der Waals surface area (Å²) >= 11 is 1.17. The number of carbonyl (C=O) groups is 1. The van der Waals surface area contributed by atoms with Crippen molar-refractivity contribution in [2.24, 2.45) is 0 Å². The molecule has 0 aliphatic heterocycles. The van der Waals surface area contributed by atoms with Crippen molar-refractivity contribution in [2.75, 3.05) is 16.4 Å². The van der Waals surface area contributed by atoms with Gasteiger partial charge in [-0.05, 0) is 31.2 Å². The van der Waals surface area contributed by atoms with Gasteiger partial charge >= 0.3 is 0 Å². The van der Waals surface area contributed by atoms with Crippen LogP contribution in [0.3, 0.4) is 0 Å².